The van der Waals surface area contributed by atoms with Crippen LogP contribution in [0.5, 0.6) is 17.2 Å². The molecule has 2 atom stereocenters. The lowest BCUT2D eigenvalue weighted by Crippen LogP contribution is -2.21. The van der Waals surface area contributed by atoms with Crippen LogP contribution in [0.2, 0.25) is 0 Å². The first-order chi connectivity index (χ1) is 10.5. The van der Waals surface area contributed by atoms with Gasteiger partial charge in [0.1, 0.15) is 0 Å². The van der Waals surface area contributed by atoms with Gasteiger partial charge in [-0.2, -0.15) is 0 Å². The quantitative estimate of drug-likeness (QED) is 0.875. The van der Waals surface area contributed by atoms with E-state index in [4.69, 9.17) is 19.9 Å². The molecule has 1 aliphatic rings. The van der Waals surface area contributed by atoms with Gasteiger partial charge in [0.15, 0.2) is 11.5 Å². The summed E-state index contributed by atoms with van der Waals surface area (Å²) in [7, 11) is 5.43. The minimum Gasteiger partial charge on any atom is -0.493 e. The Hall–Kier alpha value is -1.46. The van der Waals surface area contributed by atoms with Crippen LogP contribution in [0.15, 0.2) is 12.1 Å². The van der Waals surface area contributed by atoms with E-state index >= 15 is 0 Å². The van der Waals surface area contributed by atoms with Crippen molar-refractivity contribution < 1.29 is 14.2 Å². The molecule has 0 amide bonds. The molecule has 2 rings (SSSR count). The summed E-state index contributed by atoms with van der Waals surface area (Å²) in [5.41, 5.74) is 7.00. The molecule has 0 aromatic heterocycles. The first kappa shape index (κ1) is 16.9. The minimum absolute atomic E-state index is 0.0665. The predicted octanol–water partition coefficient (Wildman–Crippen LogP) is 2.44. The summed E-state index contributed by atoms with van der Waals surface area (Å²) in [5.74, 6) is 2.66. The molecule has 2 unspecified atom stereocenters. The molecule has 1 fully saturated rings. The van der Waals surface area contributed by atoms with E-state index in [9.17, 15) is 0 Å². The number of hydrogen-bond acceptors (Lipinski definition) is 5. The van der Waals surface area contributed by atoms with Gasteiger partial charge in [0, 0.05) is 18.2 Å². The second-order valence-electron chi connectivity index (χ2n) is 6.18. The van der Waals surface area contributed by atoms with Gasteiger partial charge in [-0.15, -0.1) is 0 Å². The maximum absolute atomic E-state index is 6.08. The van der Waals surface area contributed by atoms with Crippen molar-refractivity contribution in [2.75, 3.05) is 34.4 Å². The molecule has 1 aliphatic heterocycles. The zero-order valence-corrected chi connectivity index (χ0v) is 14.3. The molecular weight excluding hydrogens is 280 g/mol. The van der Waals surface area contributed by atoms with Crippen molar-refractivity contribution in [3.63, 3.8) is 0 Å². The van der Waals surface area contributed by atoms with Crippen LogP contribution in [0.4, 0.5) is 0 Å². The van der Waals surface area contributed by atoms with E-state index in [0.29, 0.717) is 30.0 Å². The second kappa shape index (κ2) is 7.20. The van der Waals surface area contributed by atoms with Crippen molar-refractivity contribution in [3.8, 4) is 17.2 Å². The van der Waals surface area contributed by atoms with Gasteiger partial charge in [-0.1, -0.05) is 0 Å². The first-order valence-corrected chi connectivity index (χ1v) is 7.83. The molecule has 1 aromatic carbocycles. The Morgan fingerprint density at radius 3 is 2.45 bits per heavy atom. The number of hydrogen-bond donors (Lipinski definition) is 1. The van der Waals surface area contributed by atoms with Crippen LogP contribution in [0.3, 0.4) is 0 Å². The lowest BCUT2D eigenvalue weighted by Gasteiger charge is -2.25. The normalized spacial score (nSPS) is 22.1. The van der Waals surface area contributed by atoms with Crippen molar-refractivity contribution in [1.29, 1.82) is 0 Å². The van der Waals surface area contributed by atoms with Gasteiger partial charge in [-0.3, -0.25) is 4.90 Å². The van der Waals surface area contributed by atoms with Crippen LogP contribution in [0, 0.1) is 5.92 Å². The number of likely N-dealkylation sites (tertiary alicyclic amines) is 1. The molecule has 0 aliphatic carbocycles. The van der Waals surface area contributed by atoms with Gasteiger partial charge in [-0.25, -0.2) is 0 Å². The molecule has 5 heteroatoms. The first-order valence-electron chi connectivity index (χ1n) is 7.83. The highest BCUT2D eigenvalue weighted by Crippen LogP contribution is 2.46. The van der Waals surface area contributed by atoms with Crippen LogP contribution in [0.1, 0.15) is 31.9 Å². The van der Waals surface area contributed by atoms with Gasteiger partial charge in [0.05, 0.1) is 20.3 Å². The molecule has 2 N–H and O–H groups in total. The van der Waals surface area contributed by atoms with E-state index in [-0.39, 0.29) is 6.10 Å². The highest BCUT2D eigenvalue weighted by atomic mass is 16.5. The van der Waals surface area contributed by atoms with E-state index in [1.165, 1.54) is 0 Å². The van der Waals surface area contributed by atoms with Crippen molar-refractivity contribution in [1.82, 2.24) is 4.90 Å². The fourth-order valence-electron chi connectivity index (χ4n) is 3.17. The van der Waals surface area contributed by atoms with Gasteiger partial charge in [-0.05, 0) is 51.9 Å². The molecule has 22 heavy (non-hydrogen) atoms. The zero-order chi connectivity index (χ0) is 16.3. The van der Waals surface area contributed by atoms with Gasteiger partial charge < -0.3 is 19.9 Å². The fourth-order valence-corrected chi connectivity index (χ4v) is 3.17. The average Bonchev–Trinajstić information content (AvgIpc) is 2.87. The van der Waals surface area contributed by atoms with Crippen LogP contribution < -0.4 is 19.9 Å². The largest absolute Gasteiger partial charge is 0.493 e. The maximum atomic E-state index is 6.08. The topological polar surface area (TPSA) is 57.0 Å². The summed E-state index contributed by atoms with van der Waals surface area (Å²) < 4.78 is 17.0. The maximum Gasteiger partial charge on any atom is 0.203 e. The number of benzene rings is 1. The van der Waals surface area contributed by atoms with E-state index in [1.807, 2.05) is 19.9 Å². The second-order valence-corrected chi connectivity index (χ2v) is 6.18. The highest BCUT2D eigenvalue weighted by molar-refractivity contribution is 5.57. The third-order valence-corrected chi connectivity index (χ3v) is 4.21. The Morgan fingerprint density at radius 1 is 1.23 bits per heavy atom. The van der Waals surface area contributed by atoms with Crippen LogP contribution in [-0.4, -0.2) is 45.4 Å². The average molecular weight is 308 g/mol. The standard InChI is InChI=1S/C17H28N2O3/c1-11(2)22-16-13(6-7-15(20-4)17(16)21-5)14-8-12(9-18)10-19(14)3/h6-7,11-12,14H,8-10,18H2,1-5H3. The molecule has 5 nitrogen and oxygen atoms in total. The Labute approximate surface area is 133 Å². The van der Waals surface area contributed by atoms with Crippen molar-refractivity contribution >= 4 is 0 Å². The molecule has 0 saturated carbocycles. The van der Waals surface area contributed by atoms with Crippen LogP contribution in [0.25, 0.3) is 0 Å². The van der Waals surface area contributed by atoms with Crippen LogP contribution >= 0.6 is 0 Å². The van der Waals surface area contributed by atoms with Crippen molar-refractivity contribution in [2.24, 2.45) is 11.7 Å². The number of rotatable bonds is 6. The molecule has 0 spiro atoms. The van der Waals surface area contributed by atoms with Gasteiger partial charge in [0.25, 0.3) is 0 Å². The van der Waals surface area contributed by atoms with Crippen LogP contribution in [-0.2, 0) is 0 Å². The molecular formula is C17H28N2O3. The Bertz CT molecular complexity index is 505. The summed E-state index contributed by atoms with van der Waals surface area (Å²) in [6, 6.07) is 4.33. The number of nitrogens with two attached hydrogens (primary N) is 1. The fraction of sp³-hybridized carbons (Fsp3) is 0.647. The van der Waals surface area contributed by atoms with E-state index in [1.54, 1.807) is 14.2 Å². The predicted molar refractivity (Wildman–Crippen MR) is 87.8 cm³/mol. The lowest BCUT2D eigenvalue weighted by molar-refractivity contribution is 0.215. The minimum atomic E-state index is 0.0665. The highest BCUT2D eigenvalue weighted by Gasteiger charge is 2.33. The summed E-state index contributed by atoms with van der Waals surface area (Å²) in [6.45, 7) is 5.76. The number of ether oxygens (including phenoxy) is 3. The third-order valence-electron chi connectivity index (χ3n) is 4.21. The van der Waals surface area contributed by atoms with Gasteiger partial charge in [0.2, 0.25) is 5.75 Å². The summed E-state index contributed by atoms with van der Waals surface area (Å²) in [4.78, 5) is 2.34. The van der Waals surface area contributed by atoms with Gasteiger partial charge >= 0.3 is 0 Å². The summed E-state index contributed by atoms with van der Waals surface area (Å²) in [5, 5.41) is 0. The number of methoxy groups -OCH3 is 2. The molecule has 1 aromatic rings. The molecule has 0 bridgehead atoms. The molecule has 124 valence electrons. The lowest BCUT2D eigenvalue weighted by atomic mass is 9.98. The molecule has 1 saturated heterocycles. The molecule has 1 heterocycles. The van der Waals surface area contributed by atoms with E-state index in [0.717, 1.165) is 24.3 Å². The SMILES string of the molecule is COc1ccc(C2CC(CN)CN2C)c(OC(C)C)c1OC. The zero-order valence-electron chi connectivity index (χ0n) is 14.3. The van der Waals surface area contributed by atoms with Crippen molar-refractivity contribution in [2.45, 2.75) is 32.4 Å². The Kier molecular flexibility index (Phi) is 5.53. The van der Waals surface area contributed by atoms with Crippen molar-refractivity contribution in [3.05, 3.63) is 17.7 Å². The number of nitrogens with zero attached hydrogens (tertiary/aromatic N) is 1. The Morgan fingerprint density at radius 2 is 1.95 bits per heavy atom. The smallest absolute Gasteiger partial charge is 0.203 e. The third kappa shape index (κ3) is 3.31. The Balaban J connectivity index is 2.46. The molecule has 0 radical (unpaired) electrons. The van der Waals surface area contributed by atoms with E-state index in [2.05, 4.69) is 18.0 Å². The monoisotopic (exact) mass is 308 g/mol. The summed E-state index contributed by atoms with van der Waals surface area (Å²) in [6.07, 6.45) is 1.11. The van der Waals surface area contributed by atoms with E-state index < -0.39 is 0 Å². The summed E-state index contributed by atoms with van der Waals surface area (Å²) >= 11 is 0.